The van der Waals surface area contributed by atoms with Crippen LogP contribution in [0, 0.1) is 6.92 Å². The maximum Gasteiger partial charge on any atom is 0.347 e. The summed E-state index contributed by atoms with van der Waals surface area (Å²) in [6.07, 6.45) is -0.661. The molecular weight excluding hydrogens is 370 g/mol. The van der Waals surface area contributed by atoms with E-state index in [-0.39, 0.29) is 17.1 Å². The van der Waals surface area contributed by atoms with Crippen molar-refractivity contribution in [3.8, 4) is 0 Å². The Balaban J connectivity index is 1.84. The number of carbonyl (C=O) groups excluding carboxylic acids is 2. The maximum absolute atomic E-state index is 12.9. The SMILES string of the molecule is Cc1ccc(N(C)S(=O)(=O)c2cccc(C(=O)O[C@H]3CCOC3=O)c2)cc1. The summed E-state index contributed by atoms with van der Waals surface area (Å²) in [4.78, 5) is 23.7. The van der Waals surface area contributed by atoms with Crippen LogP contribution in [0.5, 0.6) is 0 Å². The van der Waals surface area contributed by atoms with E-state index in [1.54, 1.807) is 12.1 Å². The van der Waals surface area contributed by atoms with Crippen LogP contribution >= 0.6 is 0 Å². The molecule has 0 amide bonds. The number of rotatable bonds is 5. The topological polar surface area (TPSA) is 90.0 Å². The number of nitrogens with zero attached hydrogens (tertiary/aromatic N) is 1. The van der Waals surface area contributed by atoms with Crippen molar-refractivity contribution in [1.29, 1.82) is 0 Å². The fraction of sp³-hybridized carbons (Fsp3) is 0.263. The van der Waals surface area contributed by atoms with Crippen molar-refractivity contribution in [1.82, 2.24) is 0 Å². The second kappa shape index (κ2) is 7.40. The van der Waals surface area contributed by atoms with Gasteiger partial charge in [-0.05, 0) is 37.3 Å². The van der Waals surface area contributed by atoms with Gasteiger partial charge in [-0.2, -0.15) is 0 Å². The van der Waals surface area contributed by atoms with Gasteiger partial charge in [-0.3, -0.25) is 4.31 Å². The monoisotopic (exact) mass is 389 g/mol. The highest BCUT2D eigenvalue weighted by molar-refractivity contribution is 7.92. The number of ether oxygens (including phenoxy) is 2. The minimum absolute atomic E-state index is 0.0472. The van der Waals surface area contributed by atoms with Gasteiger partial charge in [0.1, 0.15) is 0 Å². The lowest BCUT2D eigenvalue weighted by atomic mass is 10.2. The molecule has 2 aromatic carbocycles. The molecule has 7 nitrogen and oxygen atoms in total. The molecule has 0 aromatic heterocycles. The molecule has 1 atom stereocenters. The summed E-state index contributed by atoms with van der Waals surface area (Å²) in [5.74, 6) is -1.36. The normalized spacial score (nSPS) is 16.7. The van der Waals surface area contributed by atoms with Crippen molar-refractivity contribution in [3.05, 3.63) is 59.7 Å². The Morgan fingerprint density at radius 3 is 2.52 bits per heavy atom. The van der Waals surface area contributed by atoms with Crippen LogP contribution in [-0.2, 0) is 24.3 Å². The van der Waals surface area contributed by atoms with Crippen molar-refractivity contribution in [2.45, 2.75) is 24.3 Å². The molecule has 1 heterocycles. The quantitative estimate of drug-likeness (QED) is 0.729. The zero-order chi connectivity index (χ0) is 19.6. The van der Waals surface area contributed by atoms with E-state index < -0.39 is 28.1 Å². The summed E-state index contributed by atoms with van der Waals surface area (Å²) in [6.45, 7) is 2.11. The highest BCUT2D eigenvalue weighted by Gasteiger charge is 2.31. The van der Waals surface area contributed by atoms with Gasteiger partial charge in [0.15, 0.2) is 0 Å². The lowest BCUT2D eigenvalue weighted by Crippen LogP contribution is -2.27. The summed E-state index contributed by atoms with van der Waals surface area (Å²) in [6, 6.07) is 12.6. The van der Waals surface area contributed by atoms with Gasteiger partial charge in [0.2, 0.25) is 6.10 Å². The molecule has 0 spiro atoms. The molecule has 0 unspecified atom stereocenters. The Morgan fingerprint density at radius 1 is 1.19 bits per heavy atom. The average Bonchev–Trinajstić information content (AvgIpc) is 3.06. The first-order chi connectivity index (χ1) is 12.8. The van der Waals surface area contributed by atoms with Crippen LogP contribution < -0.4 is 4.31 Å². The van der Waals surface area contributed by atoms with Gasteiger partial charge in [-0.15, -0.1) is 0 Å². The van der Waals surface area contributed by atoms with Crippen molar-refractivity contribution in [2.75, 3.05) is 18.0 Å². The fourth-order valence-electron chi connectivity index (χ4n) is 2.62. The summed E-state index contributed by atoms with van der Waals surface area (Å²) >= 11 is 0. The predicted molar refractivity (Wildman–Crippen MR) is 98.0 cm³/mol. The van der Waals surface area contributed by atoms with Crippen LogP contribution in [0.15, 0.2) is 53.4 Å². The number of hydrogen-bond donors (Lipinski definition) is 0. The van der Waals surface area contributed by atoms with E-state index in [0.29, 0.717) is 12.1 Å². The van der Waals surface area contributed by atoms with E-state index >= 15 is 0 Å². The van der Waals surface area contributed by atoms with E-state index in [1.165, 1.54) is 31.3 Å². The molecule has 0 radical (unpaired) electrons. The lowest BCUT2D eigenvalue weighted by molar-refractivity contribution is -0.145. The zero-order valence-electron chi connectivity index (χ0n) is 14.9. The largest absolute Gasteiger partial charge is 0.463 e. The van der Waals surface area contributed by atoms with Gasteiger partial charge >= 0.3 is 11.9 Å². The molecule has 1 aliphatic rings. The molecule has 1 aliphatic heterocycles. The van der Waals surface area contributed by atoms with Crippen molar-refractivity contribution in [3.63, 3.8) is 0 Å². The van der Waals surface area contributed by atoms with Crippen LogP contribution in [0.4, 0.5) is 5.69 Å². The number of benzene rings is 2. The molecule has 27 heavy (non-hydrogen) atoms. The minimum atomic E-state index is -3.86. The number of anilines is 1. The highest BCUT2D eigenvalue weighted by atomic mass is 32.2. The summed E-state index contributed by atoms with van der Waals surface area (Å²) in [5.41, 5.74) is 1.56. The van der Waals surface area contributed by atoms with Gasteiger partial charge in [0.25, 0.3) is 10.0 Å². The first kappa shape index (κ1) is 18.9. The number of aryl methyl sites for hydroxylation is 1. The van der Waals surface area contributed by atoms with E-state index in [2.05, 4.69) is 0 Å². The second-order valence-corrected chi connectivity index (χ2v) is 8.16. The smallest absolute Gasteiger partial charge is 0.347 e. The van der Waals surface area contributed by atoms with Crippen molar-refractivity contribution in [2.24, 2.45) is 0 Å². The molecule has 0 N–H and O–H groups in total. The third kappa shape index (κ3) is 3.95. The van der Waals surface area contributed by atoms with E-state index in [4.69, 9.17) is 9.47 Å². The van der Waals surface area contributed by atoms with Crippen LogP contribution in [0.3, 0.4) is 0 Å². The number of sulfonamides is 1. The second-order valence-electron chi connectivity index (χ2n) is 6.19. The molecule has 0 aliphatic carbocycles. The number of hydrogen-bond acceptors (Lipinski definition) is 6. The van der Waals surface area contributed by atoms with E-state index in [0.717, 1.165) is 9.87 Å². The van der Waals surface area contributed by atoms with Gasteiger partial charge in [-0.1, -0.05) is 23.8 Å². The standard InChI is InChI=1S/C19H19NO6S/c1-13-6-8-15(9-7-13)20(2)27(23,24)16-5-3-4-14(12-16)18(21)26-17-10-11-25-19(17)22/h3-9,12,17H,10-11H2,1-2H3/t17-/m0/s1. The molecule has 0 saturated carbocycles. The Labute approximate surface area is 157 Å². The Morgan fingerprint density at radius 2 is 1.89 bits per heavy atom. The summed E-state index contributed by atoms with van der Waals surface area (Å²) < 4.78 is 36.8. The molecule has 142 valence electrons. The number of carbonyl (C=O) groups is 2. The van der Waals surface area contributed by atoms with Gasteiger partial charge in [-0.25, -0.2) is 18.0 Å². The Bertz CT molecular complexity index is 968. The highest BCUT2D eigenvalue weighted by Crippen LogP contribution is 2.23. The van der Waals surface area contributed by atoms with Crippen molar-refractivity contribution < 1.29 is 27.5 Å². The number of cyclic esters (lactones) is 1. The number of esters is 2. The third-order valence-electron chi connectivity index (χ3n) is 4.26. The first-order valence-corrected chi connectivity index (χ1v) is 9.76. The molecule has 2 aromatic rings. The summed E-state index contributed by atoms with van der Waals surface area (Å²) in [7, 11) is -2.42. The van der Waals surface area contributed by atoms with Gasteiger partial charge in [0.05, 0.1) is 22.8 Å². The van der Waals surface area contributed by atoms with E-state index in [1.807, 2.05) is 19.1 Å². The Kier molecular flexibility index (Phi) is 5.18. The van der Waals surface area contributed by atoms with Gasteiger partial charge in [0, 0.05) is 13.5 Å². The van der Waals surface area contributed by atoms with E-state index in [9.17, 15) is 18.0 Å². The van der Waals surface area contributed by atoms with Crippen LogP contribution in [0.25, 0.3) is 0 Å². The Hall–Kier alpha value is -2.87. The minimum Gasteiger partial charge on any atom is -0.463 e. The fourth-order valence-corrected chi connectivity index (χ4v) is 3.86. The van der Waals surface area contributed by atoms with Crippen molar-refractivity contribution >= 4 is 27.6 Å². The molecule has 1 fully saturated rings. The van der Waals surface area contributed by atoms with Gasteiger partial charge < -0.3 is 9.47 Å². The molecule has 3 rings (SSSR count). The molecule has 0 bridgehead atoms. The van der Waals surface area contributed by atoms with Crippen LogP contribution in [0.1, 0.15) is 22.3 Å². The van der Waals surface area contributed by atoms with Crippen LogP contribution in [0.2, 0.25) is 0 Å². The lowest BCUT2D eigenvalue weighted by Gasteiger charge is -2.20. The molecule has 1 saturated heterocycles. The maximum atomic E-state index is 12.9. The summed E-state index contributed by atoms with van der Waals surface area (Å²) in [5, 5.41) is 0. The molecular formula is C19H19NO6S. The predicted octanol–water partition coefficient (Wildman–Crippen LogP) is 2.29. The average molecular weight is 389 g/mol. The van der Waals surface area contributed by atoms with Crippen LogP contribution in [-0.4, -0.2) is 40.1 Å². The molecule has 8 heteroatoms. The third-order valence-corrected chi connectivity index (χ3v) is 6.04. The zero-order valence-corrected chi connectivity index (χ0v) is 15.7. The first-order valence-electron chi connectivity index (χ1n) is 8.32.